The number of likely N-dealkylation sites (tertiary alicyclic amines) is 1. The molecule has 1 aliphatic heterocycles. The Morgan fingerprint density at radius 3 is 2.69 bits per heavy atom. The number of amides is 1. The second kappa shape index (κ2) is 9.49. The molecule has 2 N–H and O–H groups in total. The smallest absolute Gasteiger partial charge is 0.407 e. The van der Waals surface area contributed by atoms with Gasteiger partial charge < -0.3 is 20.3 Å². The number of aliphatic imine (C=N–C) groups is 1. The molecular formula is C21H32FIN4O2. The van der Waals surface area contributed by atoms with Crippen molar-refractivity contribution in [1.29, 1.82) is 0 Å². The van der Waals surface area contributed by atoms with E-state index in [1.165, 1.54) is 6.07 Å². The summed E-state index contributed by atoms with van der Waals surface area (Å²) in [5, 5.41) is 6.39. The normalized spacial score (nSPS) is 20.7. The monoisotopic (exact) mass is 518 g/mol. The van der Waals surface area contributed by atoms with Crippen molar-refractivity contribution in [3.8, 4) is 0 Å². The lowest BCUT2D eigenvalue weighted by Crippen LogP contribution is -2.45. The number of benzene rings is 1. The lowest BCUT2D eigenvalue weighted by atomic mass is 9.96. The maximum atomic E-state index is 13.6. The Kier molecular flexibility index (Phi) is 7.75. The molecule has 162 valence electrons. The van der Waals surface area contributed by atoms with Gasteiger partial charge in [-0.25, -0.2) is 9.18 Å². The predicted molar refractivity (Wildman–Crippen MR) is 123 cm³/mol. The molecule has 1 aliphatic carbocycles. The van der Waals surface area contributed by atoms with Crippen LogP contribution < -0.4 is 10.6 Å². The maximum absolute atomic E-state index is 13.6. The number of carbonyl (C=O) groups is 1. The van der Waals surface area contributed by atoms with E-state index in [-0.39, 0.29) is 47.3 Å². The minimum absolute atomic E-state index is 0. The van der Waals surface area contributed by atoms with E-state index in [1.807, 2.05) is 26.8 Å². The molecule has 1 unspecified atom stereocenters. The second-order valence-electron chi connectivity index (χ2n) is 8.77. The van der Waals surface area contributed by atoms with Crippen LogP contribution in [0.4, 0.5) is 9.18 Å². The zero-order valence-electron chi connectivity index (χ0n) is 17.6. The fraction of sp³-hybridized carbons (Fsp3) is 0.619. The van der Waals surface area contributed by atoms with Crippen LogP contribution in [0.5, 0.6) is 0 Å². The van der Waals surface area contributed by atoms with E-state index in [2.05, 4.69) is 20.5 Å². The Labute approximate surface area is 189 Å². The third kappa shape index (κ3) is 6.45. The standard InChI is InChI=1S/C21H31FN4O2.HI/c1-20(2,3)28-19(27)25-17-8-11-26(13-17)18(23-4)24-14-21(9-10-21)15-6-5-7-16(22)12-15;/h5-7,12,17H,8-11,13-14H2,1-4H3,(H,23,24)(H,25,27);1H. The lowest BCUT2D eigenvalue weighted by molar-refractivity contribution is 0.0507. The molecule has 2 fully saturated rings. The summed E-state index contributed by atoms with van der Waals surface area (Å²) in [5.74, 6) is 0.625. The number of hydrogen-bond donors (Lipinski definition) is 2. The first-order chi connectivity index (χ1) is 13.2. The fourth-order valence-corrected chi connectivity index (χ4v) is 3.66. The molecule has 0 radical (unpaired) electrons. The molecule has 2 aliphatic rings. The van der Waals surface area contributed by atoms with E-state index in [9.17, 15) is 9.18 Å². The van der Waals surface area contributed by atoms with Gasteiger partial charge in [0, 0.05) is 32.1 Å². The van der Waals surface area contributed by atoms with Crippen LogP contribution in [-0.2, 0) is 10.2 Å². The van der Waals surface area contributed by atoms with Gasteiger partial charge >= 0.3 is 6.09 Å². The summed E-state index contributed by atoms with van der Waals surface area (Å²) in [6.07, 6.45) is 2.55. The summed E-state index contributed by atoms with van der Waals surface area (Å²) in [4.78, 5) is 18.5. The van der Waals surface area contributed by atoms with Gasteiger partial charge in [0.2, 0.25) is 0 Å². The lowest BCUT2D eigenvalue weighted by Gasteiger charge is -2.25. The van der Waals surface area contributed by atoms with E-state index in [0.717, 1.165) is 43.9 Å². The van der Waals surface area contributed by atoms with Crippen molar-refractivity contribution < 1.29 is 13.9 Å². The molecule has 1 amide bonds. The van der Waals surface area contributed by atoms with Gasteiger partial charge in [0.1, 0.15) is 11.4 Å². The molecule has 1 atom stereocenters. The SMILES string of the molecule is CN=C(NCC1(c2cccc(F)c2)CC1)N1CCC(NC(=O)OC(C)(C)C)C1.I. The molecule has 0 aromatic heterocycles. The number of halogens is 2. The van der Waals surface area contributed by atoms with Crippen molar-refractivity contribution in [3.05, 3.63) is 35.6 Å². The molecule has 0 bridgehead atoms. The van der Waals surface area contributed by atoms with Crippen LogP contribution in [0.15, 0.2) is 29.3 Å². The Hall–Kier alpha value is -1.58. The number of ether oxygens (including phenoxy) is 1. The molecule has 29 heavy (non-hydrogen) atoms. The number of rotatable bonds is 4. The molecular weight excluding hydrogens is 486 g/mol. The van der Waals surface area contributed by atoms with Crippen molar-refractivity contribution >= 4 is 36.0 Å². The van der Waals surface area contributed by atoms with Crippen LogP contribution in [0, 0.1) is 5.82 Å². The molecule has 6 nitrogen and oxygen atoms in total. The van der Waals surface area contributed by atoms with Crippen molar-refractivity contribution in [1.82, 2.24) is 15.5 Å². The first-order valence-corrected chi connectivity index (χ1v) is 9.92. The second-order valence-corrected chi connectivity index (χ2v) is 8.77. The largest absolute Gasteiger partial charge is 0.444 e. The van der Waals surface area contributed by atoms with E-state index >= 15 is 0 Å². The molecule has 1 aromatic rings. The third-order valence-electron chi connectivity index (χ3n) is 5.30. The van der Waals surface area contributed by atoms with Gasteiger partial charge in [0.15, 0.2) is 5.96 Å². The van der Waals surface area contributed by atoms with Crippen LogP contribution in [0.25, 0.3) is 0 Å². The van der Waals surface area contributed by atoms with E-state index in [4.69, 9.17) is 4.74 Å². The highest BCUT2D eigenvalue weighted by Gasteiger charge is 2.44. The van der Waals surface area contributed by atoms with Crippen molar-refractivity contribution in [2.75, 3.05) is 26.7 Å². The van der Waals surface area contributed by atoms with Crippen molar-refractivity contribution in [2.24, 2.45) is 4.99 Å². The highest BCUT2D eigenvalue weighted by Crippen LogP contribution is 2.47. The van der Waals surface area contributed by atoms with E-state index in [1.54, 1.807) is 19.2 Å². The number of nitrogens with zero attached hydrogens (tertiary/aromatic N) is 2. The van der Waals surface area contributed by atoms with Crippen LogP contribution in [-0.4, -0.2) is 55.3 Å². The summed E-state index contributed by atoms with van der Waals surface area (Å²) >= 11 is 0. The Balaban J connectivity index is 0.00000300. The Bertz CT molecular complexity index is 746. The topological polar surface area (TPSA) is 66.0 Å². The quantitative estimate of drug-likeness (QED) is 0.363. The highest BCUT2D eigenvalue weighted by atomic mass is 127. The molecule has 0 spiro atoms. The van der Waals surface area contributed by atoms with Gasteiger partial charge in [0.25, 0.3) is 0 Å². The molecule has 1 saturated carbocycles. The van der Waals surface area contributed by atoms with Gasteiger partial charge in [-0.2, -0.15) is 0 Å². The van der Waals surface area contributed by atoms with Gasteiger partial charge in [0.05, 0.1) is 6.04 Å². The minimum atomic E-state index is -0.505. The first kappa shape index (κ1) is 23.7. The highest BCUT2D eigenvalue weighted by molar-refractivity contribution is 14.0. The molecule has 1 saturated heterocycles. The fourth-order valence-electron chi connectivity index (χ4n) is 3.66. The first-order valence-electron chi connectivity index (χ1n) is 9.92. The van der Waals surface area contributed by atoms with Crippen LogP contribution >= 0.6 is 24.0 Å². The number of alkyl carbamates (subject to hydrolysis) is 1. The molecule has 1 aromatic carbocycles. The summed E-state index contributed by atoms with van der Waals surface area (Å²) in [6.45, 7) is 7.78. The average Bonchev–Trinajstić information content (AvgIpc) is 3.26. The van der Waals surface area contributed by atoms with E-state index in [0.29, 0.717) is 6.54 Å². The average molecular weight is 518 g/mol. The van der Waals surface area contributed by atoms with Gasteiger partial charge in [-0.15, -0.1) is 24.0 Å². The van der Waals surface area contributed by atoms with Crippen molar-refractivity contribution in [2.45, 2.75) is 57.1 Å². The van der Waals surface area contributed by atoms with E-state index < -0.39 is 5.60 Å². The summed E-state index contributed by atoms with van der Waals surface area (Å²) < 4.78 is 18.9. The Morgan fingerprint density at radius 1 is 1.38 bits per heavy atom. The zero-order valence-corrected chi connectivity index (χ0v) is 20.0. The molecule has 3 rings (SSSR count). The minimum Gasteiger partial charge on any atom is -0.444 e. The predicted octanol–water partition coefficient (Wildman–Crippen LogP) is 3.65. The maximum Gasteiger partial charge on any atom is 0.407 e. The zero-order chi connectivity index (χ0) is 20.4. The van der Waals surface area contributed by atoms with Crippen LogP contribution in [0.1, 0.15) is 45.6 Å². The Morgan fingerprint density at radius 2 is 2.10 bits per heavy atom. The van der Waals surface area contributed by atoms with Crippen molar-refractivity contribution in [3.63, 3.8) is 0 Å². The van der Waals surface area contributed by atoms with Gasteiger partial charge in [-0.1, -0.05) is 12.1 Å². The summed E-state index contributed by atoms with van der Waals surface area (Å²) in [5.41, 5.74) is 0.530. The van der Waals surface area contributed by atoms with Gasteiger partial charge in [-0.05, 0) is 57.7 Å². The van der Waals surface area contributed by atoms with Crippen LogP contribution in [0.2, 0.25) is 0 Å². The number of guanidine groups is 1. The number of hydrogen-bond acceptors (Lipinski definition) is 3. The van der Waals surface area contributed by atoms with Crippen LogP contribution in [0.3, 0.4) is 0 Å². The molecule has 8 heteroatoms. The number of carbonyl (C=O) groups excluding carboxylic acids is 1. The van der Waals surface area contributed by atoms with Gasteiger partial charge in [-0.3, -0.25) is 4.99 Å². The third-order valence-corrected chi connectivity index (χ3v) is 5.30. The molecule has 1 heterocycles. The summed E-state index contributed by atoms with van der Waals surface area (Å²) in [6, 6.07) is 6.91. The summed E-state index contributed by atoms with van der Waals surface area (Å²) in [7, 11) is 1.76. The number of nitrogens with one attached hydrogen (secondary N) is 2.